The van der Waals surface area contributed by atoms with Crippen LogP contribution in [0.15, 0.2) is 24.3 Å². The highest BCUT2D eigenvalue weighted by atomic mass is 35.5. The fourth-order valence-electron chi connectivity index (χ4n) is 2.03. The Morgan fingerprint density at radius 3 is 2.55 bits per heavy atom. The van der Waals surface area contributed by atoms with Crippen LogP contribution in [-0.2, 0) is 16.1 Å². The fourth-order valence-corrected chi connectivity index (χ4v) is 2.03. The summed E-state index contributed by atoms with van der Waals surface area (Å²) in [4.78, 5) is 22.7. The lowest BCUT2D eigenvalue weighted by Crippen LogP contribution is -2.22. The number of hydrogen-bond acceptors (Lipinski definition) is 3. The Morgan fingerprint density at radius 2 is 1.86 bits per heavy atom. The van der Waals surface area contributed by atoms with E-state index in [1.54, 1.807) is 0 Å². The van der Waals surface area contributed by atoms with Gasteiger partial charge in [-0.05, 0) is 37.1 Å². The van der Waals surface area contributed by atoms with Gasteiger partial charge in [-0.15, -0.1) is 12.4 Å². The second-order valence-electron chi connectivity index (χ2n) is 5.11. The molecule has 0 saturated heterocycles. The minimum Gasteiger partial charge on any atom is -0.352 e. The molecule has 0 bridgehead atoms. The smallest absolute Gasteiger partial charge is 0.221 e. The number of unbranched alkanes of at least 4 members (excludes halogenated alkanes) is 3. The van der Waals surface area contributed by atoms with Crippen LogP contribution in [0.2, 0.25) is 0 Å². The van der Waals surface area contributed by atoms with E-state index in [4.69, 9.17) is 5.73 Å². The van der Waals surface area contributed by atoms with Gasteiger partial charge in [0.25, 0.3) is 0 Å². The Morgan fingerprint density at radius 1 is 1.14 bits per heavy atom. The first-order valence-electron chi connectivity index (χ1n) is 7.45. The Balaban J connectivity index is 0.00000441. The van der Waals surface area contributed by atoms with E-state index in [1.807, 2.05) is 24.3 Å². The Hall–Kier alpha value is -1.59. The SMILES string of the molecule is CC(=O)Nc1cccc(CNC(=O)CCCCCCN)c1.Cl. The summed E-state index contributed by atoms with van der Waals surface area (Å²) in [6.45, 7) is 2.67. The molecule has 22 heavy (non-hydrogen) atoms. The molecule has 4 N–H and O–H groups in total. The first-order valence-corrected chi connectivity index (χ1v) is 7.45. The lowest BCUT2D eigenvalue weighted by molar-refractivity contribution is -0.121. The van der Waals surface area contributed by atoms with Crippen molar-refractivity contribution in [1.29, 1.82) is 0 Å². The van der Waals surface area contributed by atoms with E-state index < -0.39 is 0 Å². The molecule has 0 saturated carbocycles. The molecular weight excluding hydrogens is 302 g/mol. The molecule has 1 aromatic rings. The van der Waals surface area contributed by atoms with Gasteiger partial charge in [0.05, 0.1) is 0 Å². The molecule has 0 aromatic heterocycles. The molecule has 6 heteroatoms. The van der Waals surface area contributed by atoms with Crippen molar-refractivity contribution in [1.82, 2.24) is 5.32 Å². The largest absolute Gasteiger partial charge is 0.352 e. The first kappa shape index (κ1) is 20.4. The third-order valence-corrected chi connectivity index (χ3v) is 3.09. The number of anilines is 1. The number of rotatable bonds is 9. The third kappa shape index (κ3) is 9.37. The van der Waals surface area contributed by atoms with Gasteiger partial charge >= 0.3 is 0 Å². The van der Waals surface area contributed by atoms with E-state index in [2.05, 4.69) is 10.6 Å². The van der Waals surface area contributed by atoms with Gasteiger partial charge in [0, 0.05) is 25.6 Å². The van der Waals surface area contributed by atoms with Gasteiger partial charge in [-0.25, -0.2) is 0 Å². The highest BCUT2D eigenvalue weighted by molar-refractivity contribution is 5.88. The zero-order valence-corrected chi connectivity index (χ0v) is 13.9. The number of amides is 2. The molecule has 0 radical (unpaired) electrons. The summed E-state index contributed by atoms with van der Waals surface area (Å²) in [5.74, 6) is -0.0404. The summed E-state index contributed by atoms with van der Waals surface area (Å²) in [5, 5.41) is 5.62. The summed E-state index contributed by atoms with van der Waals surface area (Å²) in [6, 6.07) is 7.47. The number of nitrogens with two attached hydrogens (primary N) is 1. The molecule has 0 aliphatic carbocycles. The van der Waals surface area contributed by atoms with Crippen molar-refractivity contribution in [3.05, 3.63) is 29.8 Å². The second-order valence-corrected chi connectivity index (χ2v) is 5.11. The maximum Gasteiger partial charge on any atom is 0.221 e. The monoisotopic (exact) mass is 327 g/mol. The standard InChI is InChI=1S/C16H25N3O2.ClH/c1-13(20)19-15-8-6-7-14(11-15)12-18-16(21)9-4-2-3-5-10-17;/h6-8,11H,2-5,9-10,12,17H2,1H3,(H,18,21)(H,19,20);1H. The van der Waals surface area contributed by atoms with E-state index >= 15 is 0 Å². The molecule has 0 aliphatic rings. The Labute approximate surface area is 138 Å². The van der Waals surface area contributed by atoms with Gasteiger partial charge in [0.2, 0.25) is 11.8 Å². The summed E-state index contributed by atoms with van der Waals surface area (Å²) in [5.41, 5.74) is 7.14. The van der Waals surface area contributed by atoms with Gasteiger partial charge in [-0.3, -0.25) is 9.59 Å². The van der Waals surface area contributed by atoms with Crippen molar-refractivity contribution in [3.63, 3.8) is 0 Å². The number of benzene rings is 1. The van der Waals surface area contributed by atoms with Crippen LogP contribution < -0.4 is 16.4 Å². The molecule has 0 spiro atoms. The van der Waals surface area contributed by atoms with Crippen molar-refractivity contribution in [2.45, 2.75) is 45.6 Å². The molecule has 124 valence electrons. The number of nitrogens with one attached hydrogen (secondary N) is 2. The number of halogens is 1. The van der Waals surface area contributed by atoms with Crippen LogP contribution >= 0.6 is 12.4 Å². The van der Waals surface area contributed by atoms with Crippen LogP contribution in [0, 0.1) is 0 Å². The van der Waals surface area contributed by atoms with Crippen LogP contribution in [0.1, 0.15) is 44.6 Å². The third-order valence-electron chi connectivity index (χ3n) is 3.09. The van der Waals surface area contributed by atoms with Crippen molar-refractivity contribution in [2.24, 2.45) is 5.73 Å². The lowest BCUT2D eigenvalue weighted by atomic mass is 10.1. The second kappa shape index (κ2) is 12.0. The Kier molecular flexibility index (Phi) is 11.1. The van der Waals surface area contributed by atoms with E-state index in [1.165, 1.54) is 6.92 Å². The topological polar surface area (TPSA) is 84.2 Å². The van der Waals surface area contributed by atoms with Crippen molar-refractivity contribution in [3.8, 4) is 0 Å². The average molecular weight is 328 g/mol. The summed E-state index contributed by atoms with van der Waals surface area (Å²) < 4.78 is 0. The van der Waals surface area contributed by atoms with E-state index in [9.17, 15) is 9.59 Å². The highest BCUT2D eigenvalue weighted by Gasteiger charge is 2.02. The van der Waals surface area contributed by atoms with E-state index in [0.29, 0.717) is 13.0 Å². The molecule has 0 heterocycles. The quantitative estimate of drug-likeness (QED) is 0.609. The molecule has 0 unspecified atom stereocenters. The normalized spacial score (nSPS) is 9.73. The predicted octanol–water partition coefficient (Wildman–Crippen LogP) is 2.59. The van der Waals surface area contributed by atoms with Crippen LogP contribution in [0.4, 0.5) is 5.69 Å². The van der Waals surface area contributed by atoms with Crippen LogP contribution in [-0.4, -0.2) is 18.4 Å². The van der Waals surface area contributed by atoms with Crippen LogP contribution in [0.25, 0.3) is 0 Å². The fraction of sp³-hybridized carbons (Fsp3) is 0.500. The number of carbonyl (C=O) groups is 2. The van der Waals surface area contributed by atoms with Crippen LogP contribution in [0.5, 0.6) is 0 Å². The predicted molar refractivity (Wildman–Crippen MR) is 92.0 cm³/mol. The zero-order chi connectivity index (χ0) is 15.5. The molecular formula is C16H26ClN3O2. The molecule has 0 fully saturated rings. The lowest BCUT2D eigenvalue weighted by Gasteiger charge is -2.08. The zero-order valence-electron chi connectivity index (χ0n) is 13.1. The summed E-state index contributed by atoms with van der Waals surface area (Å²) in [6.07, 6.45) is 4.61. The van der Waals surface area contributed by atoms with Crippen LogP contribution in [0.3, 0.4) is 0 Å². The number of hydrogen-bond donors (Lipinski definition) is 3. The summed E-state index contributed by atoms with van der Waals surface area (Å²) >= 11 is 0. The maximum atomic E-state index is 11.7. The van der Waals surface area contributed by atoms with Gasteiger partial charge in [-0.2, -0.15) is 0 Å². The molecule has 0 aliphatic heterocycles. The van der Waals surface area contributed by atoms with E-state index in [-0.39, 0.29) is 24.2 Å². The average Bonchev–Trinajstić information content (AvgIpc) is 2.44. The van der Waals surface area contributed by atoms with Gasteiger partial charge in [0.1, 0.15) is 0 Å². The molecule has 5 nitrogen and oxygen atoms in total. The maximum absolute atomic E-state index is 11.7. The minimum atomic E-state index is -0.103. The van der Waals surface area contributed by atoms with E-state index in [0.717, 1.165) is 43.5 Å². The first-order chi connectivity index (χ1) is 10.1. The van der Waals surface area contributed by atoms with Gasteiger partial charge in [-0.1, -0.05) is 25.0 Å². The molecule has 1 aromatic carbocycles. The van der Waals surface area contributed by atoms with Gasteiger partial charge < -0.3 is 16.4 Å². The summed E-state index contributed by atoms with van der Waals surface area (Å²) in [7, 11) is 0. The molecule has 1 rings (SSSR count). The van der Waals surface area contributed by atoms with Gasteiger partial charge in [0.15, 0.2) is 0 Å². The molecule has 0 atom stereocenters. The number of carbonyl (C=O) groups excluding carboxylic acids is 2. The molecule has 2 amide bonds. The van der Waals surface area contributed by atoms with Crippen molar-refractivity contribution < 1.29 is 9.59 Å². The Bertz CT molecular complexity index is 466. The van der Waals surface area contributed by atoms with Crippen molar-refractivity contribution >= 4 is 29.9 Å². The minimum absolute atomic E-state index is 0. The van der Waals surface area contributed by atoms with Crippen molar-refractivity contribution in [2.75, 3.05) is 11.9 Å². The highest BCUT2D eigenvalue weighted by Crippen LogP contribution is 2.10.